The Morgan fingerprint density at radius 3 is 2.48 bits per heavy atom. The molecule has 9 nitrogen and oxygen atoms in total. The van der Waals surface area contributed by atoms with E-state index in [1.807, 2.05) is 18.2 Å². The van der Waals surface area contributed by atoms with Gasteiger partial charge in [-0.25, -0.2) is 4.99 Å². The number of hydrogen-bond acceptors (Lipinski definition) is 9. The summed E-state index contributed by atoms with van der Waals surface area (Å²) in [6, 6.07) is 11.1. The van der Waals surface area contributed by atoms with Gasteiger partial charge in [0.05, 0.1) is 11.7 Å². The maximum atomic E-state index is 11.5. The Kier molecular flexibility index (Phi) is 6.44. The topological polar surface area (TPSA) is 105 Å². The number of esters is 2. The Morgan fingerprint density at radius 1 is 1.14 bits per heavy atom. The van der Waals surface area contributed by atoms with Crippen LogP contribution in [0.25, 0.3) is 0 Å². The van der Waals surface area contributed by atoms with Gasteiger partial charge >= 0.3 is 11.9 Å². The van der Waals surface area contributed by atoms with Gasteiger partial charge in [0.1, 0.15) is 24.9 Å². The summed E-state index contributed by atoms with van der Waals surface area (Å²) in [6.45, 7) is 6.03. The van der Waals surface area contributed by atoms with Gasteiger partial charge in [-0.05, 0) is 26.0 Å². The van der Waals surface area contributed by atoms with E-state index in [4.69, 9.17) is 23.7 Å². The van der Waals surface area contributed by atoms with E-state index < -0.39 is 48.4 Å². The van der Waals surface area contributed by atoms with Crippen LogP contribution in [0.5, 0.6) is 0 Å². The number of aliphatic imine (C=N–C) groups is 2. The van der Waals surface area contributed by atoms with Crippen molar-refractivity contribution in [2.24, 2.45) is 9.98 Å². The summed E-state index contributed by atoms with van der Waals surface area (Å²) in [4.78, 5) is 31.2. The van der Waals surface area contributed by atoms with Gasteiger partial charge in [0.2, 0.25) is 6.29 Å². The number of rotatable bonds is 6. The van der Waals surface area contributed by atoms with Crippen molar-refractivity contribution >= 4 is 23.6 Å². The summed E-state index contributed by atoms with van der Waals surface area (Å²) in [6.07, 6.45) is -2.84. The van der Waals surface area contributed by atoms with Gasteiger partial charge in [0, 0.05) is 13.8 Å². The third-order valence-corrected chi connectivity index (χ3v) is 4.32. The van der Waals surface area contributed by atoms with Gasteiger partial charge in [-0.15, -0.1) is 0 Å². The Hall–Kier alpha value is -2.58. The summed E-state index contributed by atoms with van der Waals surface area (Å²) in [5.41, 5.74) is 0.673. The van der Waals surface area contributed by atoms with Crippen molar-refractivity contribution in [3.8, 4) is 0 Å². The third kappa shape index (κ3) is 5.48. The molecule has 0 bridgehead atoms. The van der Waals surface area contributed by atoms with E-state index in [1.165, 1.54) is 13.8 Å². The Balaban J connectivity index is 1.84. The second kappa shape index (κ2) is 8.84. The van der Waals surface area contributed by atoms with Crippen molar-refractivity contribution in [2.75, 3.05) is 6.61 Å². The quantitative estimate of drug-likeness (QED) is 0.529. The molecule has 0 N–H and O–H groups in total. The molecule has 0 radical (unpaired) electrons. The van der Waals surface area contributed by atoms with Crippen LogP contribution in [0.15, 0.2) is 40.3 Å². The third-order valence-electron chi connectivity index (χ3n) is 4.32. The monoisotopic (exact) mass is 404 g/mol. The van der Waals surface area contributed by atoms with Gasteiger partial charge in [0.25, 0.3) is 0 Å². The summed E-state index contributed by atoms with van der Waals surface area (Å²) in [7, 11) is 0. The van der Waals surface area contributed by atoms with Gasteiger partial charge in [-0.2, -0.15) is 4.99 Å². The zero-order valence-electron chi connectivity index (χ0n) is 16.7. The molecule has 2 fully saturated rings. The molecule has 0 spiro atoms. The van der Waals surface area contributed by atoms with Crippen LogP contribution in [0.2, 0.25) is 0 Å². The molecule has 5 atom stereocenters. The minimum Gasteiger partial charge on any atom is -0.463 e. The van der Waals surface area contributed by atoms with Crippen LogP contribution in [0.3, 0.4) is 0 Å². The van der Waals surface area contributed by atoms with Crippen molar-refractivity contribution in [1.82, 2.24) is 0 Å². The molecular weight excluding hydrogens is 380 g/mol. The van der Waals surface area contributed by atoms with Crippen LogP contribution < -0.4 is 0 Å². The predicted molar refractivity (Wildman–Crippen MR) is 101 cm³/mol. The highest BCUT2D eigenvalue weighted by Crippen LogP contribution is 2.40. The van der Waals surface area contributed by atoms with Crippen LogP contribution >= 0.6 is 0 Å². The Morgan fingerprint density at radius 2 is 1.83 bits per heavy atom. The molecule has 2 heterocycles. The highest BCUT2D eigenvalue weighted by Gasteiger charge is 2.58. The Bertz CT molecular complexity index is 804. The summed E-state index contributed by atoms with van der Waals surface area (Å²) in [5, 5.41) is 0. The van der Waals surface area contributed by atoms with Crippen LogP contribution in [-0.2, 0) is 33.3 Å². The second-order valence-electron chi connectivity index (χ2n) is 7.19. The molecule has 156 valence electrons. The lowest BCUT2D eigenvalue weighted by atomic mass is 10.0. The number of nitrogens with zero attached hydrogens (tertiary/aromatic N) is 2. The van der Waals surface area contributed by atoms with E-state index in [0.717, 1.165) is 0 Å². The standard InChI is InChI=1S/C20H24N2O7/c1-12(23)25-10-15(22-11-21-14-8-6-5-7-9-14)16-17-18(29-20(3,4)28-17)19(27-16)26-13(2)24/h5-9,15-19H,10H2,1-4H3/t15-,16+,17-,18-,19-/m0/s1. The highest BCUT2D eigenvalue weighted by atomic mass is 16.8. The lowest BCUT2D eigenvalue weighted by molar-refractivity contribution is -0.233. The zero-order valence-corrected chi connectivity index (χ0v) is 16.7. The average Bonchev–Trinajstić information content (AvgIpc) is 3.12. The fourth-order valence-corrected chi connectivity index (χ4v) is 3.23. The maximum Gasteiger partial charge on any atom is 0.305 e. The first kappa shape index (κ1) is 21.1. The lowest BCUT2D eigenvalue weighted by Gasteiger charge is -2.26. The molecule has 2 aliphatic heterocycles. The first-order valence-corrected chi connectivity index (χ1v) is 9.27. The molecule has 1 aromatic carbocycles. The summed E-state index contributed by atoms with van der Waals surface area (Å²) < 4.78 is 28.0. The van der Waals surface area contributed by atoms with Crippen LogP contribution in [-0.4, -0.2) is 61.0 Å². The molecule has 1 aromatic rings. The van der Waals surface area contributed by atoms with Crippen molar-refractivity contribution in [3.63, 3.8) is 0 Å². The van der Waals surface area contributed by atoms with Gasteiger partial charge in [-0.3, -0.25) is 9.59 Å². The fourth-order valence-electron chi connectivity index (χ4n) is 3.23. The predicted octanol–water partition coefficient (Wildman–Crippen LogP) is 2.23. The molecule has 0 amide bonds. The minimum absolute atomic E-state index is 0.0723. The summed E-state index contributed by atoms with van der Waals surface area (Å²) >= 11 is 0. The first-order valence-electron chi connectivity index (χ1n) is 9.27. The highest BCUT2D eigenvalue weighted by molar-refractivity contribution is 5.66. The van der Waals surface area contributed by atoms with Crippen LogP contribution in [0, 0.1) is 0 Å². The smallest absolute Gasteiger partial charge is 0.305 e. The minimum atomic E-state index is -0.953. The van der Waals surface area contributed by atoms with Crippen molar-refractivity contribution in [2.45, 2.75) is 64.1 Å². The number of ether oxygens (including phenoxy) is 5. The molecule has 3 rings (SSSR count). The van der Waals surface area contributed by atoms with E-state index in [1.54, 1.807) is 26.0 Å². The molecule has 29 heavy (non-hydrogen) atoms. The molecule has 0 aromatic heterocycles. The molecule has 0 aliphatic carbocycles. The molecule has 2 saturated heterocycles. The van der Waals surface area contributed by atoms with Crippen molar-refractivity contribution in [1.29, 1.82) is 0 Å². The Labute approximate surface area is 168 Å². The lowest BCUT2D eigenvalue weighted by Crippen LogP contribution is -2.40. The van der Waals surface area contributed by atoms with Crippen LogP contribution in [0.4, 0.5) is 5.69 Å². The number of hydrogen-bond donors (Lipinski definition) is 0. The zero-order chi connectivity index (χ0) is 21.0. The van der Waals surface area contributed by atoms with Gasteiger partial charge < -0.3 is 23.7 Å². The number of carbonyl (C=O) groups excluding carboxylic acids is 2. The molecule has 9 heteroatoms. The number of carbonyl (C=O) groups is 2. The van der Waals surface area contributed by atoms with Crippen LogP contribution in [0.1, 0.15) is 27.7 Å². The van der Waals surface area contributed by atoms with E-state index in [9.17, 15) is 9.59 Å². The molecule has 0 saturated carbocycles. The molecule has 0 unspecified atom stereocenters. The average molecular weight is 404 g/mol. The largest absolute Gasteiger partial charge is 0.463 e. The number of para-hydroxylation sites is 1. The van der Waals surface area contributed by atoms with E-state index in [0.29, 0.717) is 5.69 Å². The second-order valence-corrected chi connectivity index (χ2v) is 7.19. The van der Waals surface area contributed by atoms with Gasteiger partial charge in [0.15, 0.2) is 11.9 Å². The number of fused-ring (bicyclic) bond motifs is 1. The van der Waals surface area contributed by atoms with E-state index >= 15 is 0 Å². The maximum absolute atomic E-state index is 11.5. The SMILES string of the molecule is CC(=O)OC[C@H](N=C=Nc1ccccc1)[C@H]1O[C@H](OC(C)=O)[C@H]2OC(C)(C)O[C@H]21. The molecule has 2 aliphatic rings. The molecular formula is C20H24N2O7. The normalized spacial score (nSPS) is 28.0. The van der Waals surface area contributed by atoms with Crippen molar-refractivity contribution < 1.29 is 33.3 Å². The van der Waals surface area contributed by atoms with Gasteiger partial charge in [-0.1, -0.05) is 18.2 Å². The first-order chi connectivity index (χ1) is 13.7. The van der Waals surface area contributed by atoms with E-state index in [-0.39, 0.29) is 6.61 Å². The van der Waals surface area contributed by atoms with Crippen molar-refractivity contribution in [3.05, 3.63) is 30.3 Å². The fraction of sp³-hybridized carbons (Fsp3) is 0.550. The summed E-state index contributed by atoms with van der Waals surface area (Å²) in [5.74, 6) is -1.85. The number of benzene rings is 1. The van der Waals surface area contributed by atoms with E-state index in [2.05, 4.69) is 16.0 Å².